The van der Waals surface area contributed by atoms with Crippen molar-refractivity contribution in [3.05, 3.63) is 110 Å². The van der Waals surface area contributed by atoms with Gasteiger partial charge in [0.25, 0.3) is 11.8 Å². The maximum absolute atomic E-state index is 14.6. The van der Waals surface area contributed by atoms with Crippen LogP contribution < -0.4 is 21.6 Å². The van der Waals surface area contributed by atoms with Gasteiger partial charge in [-0.1, -0.05) is 6.92 Å². The molecule has 0 aromatic heterocycles. The third-order valence-corrected chi connectivity index (χ3v) is 10.4. The molecule has 0 heterocycles. The number of hydrogen-bond acceptors (Lipinski definition) is 9. The summed E-state index contributed by atoms with van der Waals surface area (Å²) in [5.74, 6) is -6.15. The normalized spacial score (nSPS) is 12.0. The summed E-state index contributed by atoms with van der Waals surface area (Å²) in [6.45, 7) is 5.11. The van der Waals surface area contributed by atoms with E-state index in [0.29, 0.717) is 24.2 Å². The molecular formula is C37H38Br2F4I2N4O7. The number of hydrogen-bond donors (Lipinski definition) is 6. The first-order chi connectivity index (χ1) is 26.5. The molecule has 0 aliphatic carbocycles. The Labute approximate surface area is 365 Å². The van der Waals surface area contributed by atoms with Gasteiger partial charge in [-0.15, -0.1) is 0 Å². The first kappa shape index (κ1) is 47.7. The molecule has 56 heavy (non-hydrogen) atoms. The van der Waals surface area contributed by atoms with Crippen LogP contribution in [0.25, 0.3) is 0 Å². The third-order valence-electron chi connectivity index (χ3n) is 7.87. The summed E-state index contributed by atoms with van der Waals surface area (Å²) in [7, 11) is 1.38. The van der Waals surface area contributed by atoms with Crippen LogP contribution in [0.4, 0.5) is 40.3 Å². The number of hydroxylamine groups is 2. The maximum atomic E-state index is 14.6. The largest absolute Gasteiger partial charge is 0.394 e. The van der Waals surface area contributed by atoms with E-state index < -0.39 is 47.3 Å². The van der Waals surface area contributed by atoms with Gasteiger partial charge in [-0.25, -0.2) is 28.5 Å². The number of methoxy groups -OCH3 is 1. The van der Waals surface area contributed by atoms with Crippen LogP contribution in [-0.4, -0.2) is 61.2 Å². The van der Waals surface area contributed by atoms with Crippen molar-refractivity contribution < 1.29 is 51.8 Å². The summed E-state index contributed by atoms with van der Waals surface area (Å²) in [5, 5.41) is 24.1. The van der Waals surface area contributed by atoms with Crippen molar-refractivity contribution in [1.29, 1.82) is 0 Å². The molecule has 2 amide bonds. The number of carbonyl (C=O) groups is 2. The Morgan fingerprint density at radius 1 is 0.768 bits per heavy atom. The molecule has 0 saturated heterocycles. The number of benzene rings is 4. The molecule has 0 aliphatic heterocycles. The zero-order valence-electron chi connectivity index (χ0n) is 30.3. The van der Waals surface area contributed by atoms with Gasteiger partial charge in [0.15, 0.2) is 23.3 Å². The molecule has 0 saturated carbocycles. The Hall–Kier alpha value is -2.64. The molecule has 0 fully saturated rings. The zero-order chi connectivity index (χ0) is 41.7. The minimum Gasteiger partial charge on any atom is -0.394 e. The highest BCUT2D eigenvalue weighted by molar-refractivity contribution is 14.1. The molecule has 2 unspecified atom stereocenters. The van der Waals surface area contributed by atoms with Crippen molar-refractivity contribution in [2.75, 3.05) is 37.6 Å². The Balaban J connectivity index is 0.000000300. The molecule has 2 atom stereocenters. The molecule has 304 valence electrons. The van der Waals surface area contributed by atoms with Gasteiger partial charge in [-0.3, -0.25) is 19.3 Å². The molecule has 4 aromatic carbocycles. The quantitative estimate of drug-likeness (QED) is 0.0212. The van der Waals surface area contributed by atoms with Crippen molar-refractivity contribution in [2.24, 2.45) is 0 Å². The Bertz CT molecular complexity index is 2020. The number of aryl methyl sites for hydroxylation is 2. The van der Waals surface area contributed by atoms with Gasteiger partial charge in [0.2, 0.25) is 0 Å². The lowest BCUT2D eigenvalue weighted by Crippen LogP contribution is -2.31. The SMILES string of the molecule is CCC(O)CCONC(=O)c1cc(Br)c(F)c(F)c1Nc1ccc(I)cc1C.COC(CO)CONC(=O)c1cc(Br)c(F)c(F)c1Nc1ccc(I)cc1C. The minimum atomic E-state index is -1.21. The van der Waals surface area contributed by atoms with E-state index in [1.54, 1.807) is 25.1 Å². The van der Waals surface area contributed by atoms with E-state index in [0.717, 1.165) is 24.3 Å². The van der Waals surface area contributed by atoms with Crippen molar-refractivity contribution in [2.45, 2.75) is 45.8 Å². The summed E-state index contributed by atoms with van der Waals surface area (Å²) in [6.07, 6.45) is -0.262. The van der Waals surface area contributed by atoms with E-state index in [9.17, 15) is 32.3 Å². The molecule has 0 bridgehead atoms. The number of aliphatic hydroxyl groups is 2. The standard InChI is InChI=1S/C19H20BrF2IN2O3.C18H18BrF2IN2O4/c1-3-12(26)6-7-28-25-19(27)13-9-14(20)16(21)17(22)18(13)24-15-5-4-11(23)8-10(15)2;1-9-5-10(22)3-4-14(9)23-17-12(6-13(19)15(20)16(17)21)18(26)24-28-8-11(7-25)27-2/h4-5,8-9,12,24,26H,3,6-7H2,1-2H3,(H,25,27);3-6,11,23,25H,7-8H2,1-2H3,(H,24,26). The number of ether oxygens (including phenoxy) is 1. The summed E-state index contributed by atoms with van der Waals surface area (Å²) in [5.41, 5.74) is 6.11. The summed E-state index contributed by atoms with van der Waals surface area (Å²) < 4.78 is 63.9. The van der Waals surface area contributed by atoms with Crippen molar-refractivity contribution >= 4 is 112 Å². The zero-order valence-corrected chi connectivity index (χ0v) is 37.8. The van der Waals surface area contributed by atoms with E-state index in [4.69, 9.17) is 19.5 Å². The number of amides is 2. The average Bonchev–Trinajstić information content (AvgIpc) is 3.16. The van der Waals surface area contributed by atoms with Crippen LogP contribution in [-0.2, 0) is 14.4 Å². The molecule has 11 nitrogen and oxygen atoms in total. The van der Waals surface area contributed by atoms with Gasteiger partial charge in [-0.2, -0.15) is 0 Å². The van der Waals surface area contributed by atoms with Gasteiger partial charge in [0, 0.05) is 25.6 Å². The lowest BCUT2D eigenvalue weighted by Gasteiger charge is -2.17. The topological polar surface area (TPSA) is 150 Å². The summed E-state index contributed by atoms with van der Waals surface area (Å²) >= 11 is 10.1. The molecule has 0 spiro atoms. The van der Waals surface area contributed by atoms with Crippen molar-refractivity contribution in [1.82, 2.24) is 11.0 Å². The predicted molar refractivity (Wildman–Crippen MR) is 228 cm³/mol. The predicted octanol–water partition coefficient (Wildman–Crippen LogP) is 9.26. The smallest absolute Gasteiger partial charge is 0.277 e. The molecule has 0 radical (unpaired) electrons. The summed E-state index contributed by atoms with van der Waals surface area (Å²) in [6, 6.07) is 13.1. The number of anilines is 4. The van der Waals surface area contributed by atoms with Crippen LogP contribution in [0, 0.1) is 44.3 Å². The minimum absolute atomic E-state index is 0.0879. The molecule has 19 heteroatoms. The highest BCUT2D eigenvalue weighted by atomic mass is 127. The van der Waals surface area contributed by atoms with Crippen LogP contribution in [0.3, 0.4) is 0 Å². The highest BCUT2D eigenvalue weighted by Crippen LogP contribution is 2.34. The van der Waals surface area contributed by atoms with Crippen LogP contribution in [0.1, 0.15) is 51.6 Å². The first-order valence-corrected chi connectivity index (χ1v) is 20.3. The van der Waals surface area contributed by atoms with Crippen LogP contribution in [0.5, 0.6) is 0 Å². The molecular weight excluding hydrogens is 1100 g/mol. The number of aliphatic hydroxyl groups excluding tert-OH is 2. The van der Waals surface area contributed by atoms with Crippen LogP contribution >= 0.6 is 77.0 Å². The van der Waals surface area contributed by atoms with E-state index >= 15 is 0 Å². The van der Waals surface area contributed by atoms with Gasteiger partial charge < -0.3 is 25.6 Å². The fourth-order valence-corrected chi connectivity index (χ4v) is 6.72. The number of halogens is 8. The third kappa shape index (κ3) is 13.5. The molecule has 6 N–H and O–H groups in total. The monoisotopic (exact) mass is 1140 g/mol. The molecule has 0 aliphatic rings. The van der Waals surface area contributed by atoms with E-state index in [-0.39, 0.29) is 51.3 Å². The van der Waals surface area contributed by atoms with Gasteiger partial charge in [-0.05, 0) is 163 Å². The van der Waals surface area contributed by atoms with Crippen LogP contribution in [0.2, 0.25) is 0 Å². The van der Waals surface area contributed by atoms with Gasteiger partial charge in [0.1, 0.15) is 12.7 Å². The first-order valence-electron chi connectivity index (χ1n) is 16.6. The second-order valence-electron chi connectivity index (χ2n) is 11.9. The van der Waals surface area contributed by atoms with Gasteiger partial charge >= 0.3 is 0 Å². The maximum Gasteiger partial charge on any atom is 0.277 e. The number of carbonyl (C=O) groups excluding carboxylic acids is 2. The fourth-order valence-electron chi connectivity index (χ4n) is 4.62. The Kier molecular flexibility index (Phi) is 19.7. The second kappa shape index (κ2) is 23.1. The average molecular weight is 1140 g/mol. The van der Waals surface area contributed by atoms with E-state index in [1.807, 2.05) is 32.0 Å². The van der Waals surface area contributed by atoms with E-state index in [2.05, 4.69) is 98.6 Å². The molecule has 4 aromatic rings. The fraction of sp³-hybridized carbons (Fsp3) is 0.297. The molecule has 4 rings (SSSR count). The number of nitrogens with one attached hydrogen (secondary N) is 4. The summed E-state index contributed by atoms with van der Waals surface area (Å²) in [4.78, 5) is 35.0. The Morgan fingerprint density at radius 2 is 1.21 bits per heavy atom. The van der Waals surface area contributed by atoms with E-state index in [1.165, 1.54) is 13.2 Å². The van der Waals surface area contributed by atoms with Crippen molar-refractivity contribution in [3.63, 3.8) is 0 Å². The Morgan fingerprint density at radius 3 is 1.61 bits per heavy atom. The van der Waals surface area contributed by atoms with Crippen molar-refractivity contribution in [3.8, 4) is 0 Å². The highest BCUT2D eigenvalue weighted by Gasteiger charge is 2.24. The lowest BCUT2D eigenvalue weighted by atomic mass is 10.1. The number of rotatable bonds is 16. The lowest BCUT2D eigenvalue weighted by molar-refractivity contribution is -0.0469. The van der Waals surface area contributed by atoms with Crippen LogP contribution in [0.15, 0.2) is 57.5 Å². The van der Waals surface area contributed by atoms with Gasteiger partial charge in [0.05, 0.1) is 50.8 Å². The second-order valence-corrected chi connectivity index (χ2v) is 16.1.